The number of aromatic nitrogens is 4. The molecule has 9 heteroatoms. The maximum absolute atomic E-state index is 11.8. The molecule has 0 aliphatic heterocycles. The molecule has 0 unspecified atom stereocenters. The van der Waals surface area contributed by atoms with Crippen LogP contribution in [0.4, 0.5) is 5.69 Å². The van der Waals surface area contributed by atoms with Gasteiger partial charge in [0.05, 0.1) is 5.52 Å². The van der Waals surface area contributed by atoms with Crippen LogP contribution in [0.25, 0.3) is 11.1 Å². The maximum atomic E-state index is 11.8. The lowest BCUT2D eigenvalue weighted by molar-refractivity contribution is 0.555. The van der Waals surface area contributed by atoms with Crippen molar-refractivity contribution in [3.05, 3.63) is 33.2 Å². The molecular weight excluding hydrogens is 294 g/mol. The van der Waals surface area contributed by atoms with Crippen LogP contribution in [-0.4, -0.2) is 19.7 Å². The van der Waals surface area contributed by atoms with Crippen LogP contribution in [0.1, 0.15) is 18.9 Å². The Bertz CT molecular complexity index is 946. The molecule has 0 bridgehead atoms. The number of nitrogen functional groups attached to an aromatic ring is 1. The molecule has 21 heavy (non-hydrogen) atoms. The third kappa shape index (κ3) is 2.05. The van der Waals surface area contributed by atoms with Crippen LogP contribution in [0.5, 0.6) is 0 Å². The Hall–Kier alpha value is -2.42. The van der Waals surface area contributed by atoms with Gasteiger partial charge < -0.3 is 10.2 Å². The van der Waals surface area contributed by atoms with E-state index in [2.05, 4.69) is 15.2 Å². The van der Waals surface area contributed by atoms with Crippen LogP contribution in [0.2, 0.25) is 0 Å². The van der Waals surface area contributed by atoms with Gasteiger partial charge in [-0.2, -0.15) is 0 Å². The highest BCUT2D eigenvalue weighted by molar-refractivity contribution is 7.99. The van der Waals surface area contributed by atoms with E-state index in [1.54, 1.807) is 16.7 Å². The minimum absolute atomic E-state index is 0.212. The Morgan fingerprint density at radius 1 is 1.38 bits per heavy atom. The Kier molecular flexibility index (Phi) is 2.52. The molecule has 1 aromatic carbocycles. The van der Waals surface area contributed by atoms with Gasteiger partial charge in [-0.1, -0.05) is 0 Å². The molecule has 4 N–H and O–H groups in total. The molecule has 108 valence electrons. The average Bonchev–Trinajstić information content (AvgIpc) is 3.11. The largest absolute Gasteiger partial charge is 0.417 e. The van der Waals surface area contributed by atoms with E-state index in [0.717, 1.165) is 12.8 Å². The fraction of sp³-hybridized carbons (Fsp3) is 0.250. The zero-order valence-electron chi connectivity index (χ0n) is 10.8. The molecular formula is C12H11N5O3S. The van der Waals surface area contributed by atoms with Crippen molar-refractivity contribution in [3.63, 3.8) is 0 Å². The van der Waals surface area contributed by atoms with Gasteiger partial charge in [-0.25, -0.2) is 14.7 Å². The molecule has 8 nitrogen and oxygen atoms in total. The standard InChI is InChI=1S/C12H11N5O3S/c13-6-3-8-7(14-12(19)20-8)4-9(6)21-11-16-15-10(18)17(11)5-1-2-5/h3-5H,1-2,13H2,(H,14,19)(H,15,18). The number of fused-ring (bicyclic) bond motifs is 1. The summed E-state index contributed by atoms with van der Waals surface area (Å²) in [6, 6.07) is 3.52. The number of anilines is 1. The summed E-state index contributed by atoms with van der Waals surface area (Å²) in [6.07, 6.45) is 1.97. The van der Waals surface area contributed by atoms with Crippen LogP contribution >= 0.6 is 11.8 Å². The summed E-state index contributed by atoms with van der Waals surface area (Å²) in [6.45, 7) is 0. The Morgan fingerprint density at radius 2 is 2.19 bits per heavy atom. The van der Waals surface area contributed by atoms with Crippen molar-refractivity contribution in [2.24, 2.45) is 0 Å². The van der Waals surface area contributed by atoms with E-state index in [9.17, 15) is 9.59 Å². The van der Waals surface area contributed by atoms with Gasteiger partial charge in [0, 0.05) is 22.7 Å². The number of aromatic amines is 2. The fourth-order valence-electron chi connectivity index (χ4n) is 2.20. The molecule has 1 saturated carbocycles. The van der Waals surface area contributed by atoms with E-state index >= 15 is 0 Å². The summed E-state index contributed by atoms with van der Waals surface area (Å²) >= 11 is 1.29. The Labute approximate surface area is 121 Å². The van der Waals surface area contributed by atoms with Crippen molar-refractivity contribution in [2.45, 2.75) is 28.9 Å². The number of nitrogens with one attached hydrogen (secondary N) is 2. The highest BCUT2D eigenvalue weighted by atomic mass is 32.2. The molecule has 0 saturated heterocycles. The number of hydrogen-bond acceptors (Lipinski definition) is 6. The van der Waals surface area contributed by atoms with Crippen LogP contribution in [0.3, 0.4) is 0 Å². The first kappa shape index (κ1) is 12.3. The highest BCUT2D eigenvalue weighted by Crippen LogP contribution is 2.39. The van der Waals surface area contributed by atoms with Gasteiger partial charge in [0.25, 0.3) is 0 Å². The molecule has 0 atom stereocenters. The molecule has 0 radical (unpaired) electrons. The Morgan fingerprint density at radius 3 is 2.95 bits per heavy atom. The lowest BCUT2D eigenvalue weighted by atomic mass is 10.3. The van der Waals surface area contributed by atoms with Crippen LogP contribution < -0.4 is 17.2 Å². The van der Waals surface area contributed by atoms with Crippen molar-refractivity contribution < 1.29 is 4.42 Å². The highest BCUT2D eigenvalue weighted by Gasteiger charge is 2.29. The second kappa shape index (κ2) is 4.29. The molecule has 4 rings (SSSR count). The number of hydrogen-bond donors (Lipinski definition) is 3. The van der Waals surface area contributed by atoms with Crippen LogP contribution in [0, 0.1) is 0 Å². The minimum Gasteiger partial charge on any atom is -0.408 e. The van der Waals surface area contributed by atoms with Crippen molar-refractivity contribution in [3.8, 4) is 0 Å². The van der Waals surface area contributed by atoms with E-state index in [-0.39, 0.29) is 11.7 Å². The summed E-state index contributed by atoms with van der Waals surface area (Å²) in [4.78, 5) is 26.2. The molecule has 1 fully saturated rings. The van der Waals surface area contributed by atoms with Crippen molar-refractivity contribution in [1.29, 1.82) is 0 Å². The molecule has 1 aliphatic carbocycles. The summed E-state index contributed by atoms with van der Waals surface area (Å²) in [5, 5.41) is 7.06. The van der Waals surface area contributed by atoms with Crippen molar-refractivity contribution in [1.82, 2.24) is 19.7 Å². The summed E-state index contributed by atoms with van der Waals surface area (Å²) < 4.78 is 6.60. The lowest BCUT2D eigenvalue weighted by Gasteiger charge is -2.05. The minimum atomic E-state index is -0.527. The summed E-state index contributed by atoms with van der Waals surface area (Å²) in [5.74, 6) is -0.527. The van der Waals surface area contributed by atoms with Gasteiger partial charge in [0.1, 0.15) is 0 Å². The summed E-state index contributed by atoms with van der Waals surface area (Å²) in [5.41, 5.74) is 7.19. The maximum Gasteiger partial charge on any atom is 0.417 e. The van der Waals surface area contributed by atoms with Crippen molar-refractivity contribution >= 4 is 28.5 Å². The average molecular weight is 305 g/mol. The van der Waals surface area contributed by atoms with E-state index < -0.39 is 5.76 Å². The van der Waals surface area contributed by atoms with Crippen LogP contribution in [0.15, 0.2) is 36.2 Å². The van der Waals surface area contributed by atoms with Gasteiger partial charge in [0.15, 0.2) is 10.7 Å². The predicted octanol–water partition coefficient (Wildman–Crippen LogP) is 1.07. The van der Waals surface area contributed by atoms with Crippen LogP contribution in [-0.2, 0) is 0 Å². The van der Waals surface area contributed by atoms with Gasteiger partial charge in [-0.15, -0.1) is 5.10 Å². The zero-order valence-corrected chi connectivity index (χ0v) is 11.6. The van der Waals surface area contributed by atoms with Crippen molar-refractivity contribution in [2.75, 3.05) is 5.73 Å². The molecule has 0 amide bonds. The van der Waals surface area contributed by atoms with E-state index in [4.69, 9.17) is 10.2 Å². The molecule has 0 spiro atoms. The lowest BCUT2D eigenvalue weighted by Crippen LogP contribution is -2.16. The molecule has 2 heterocycles. The normalized spacial score (nSPS) is 14.9. The first-order valence-electron chi connectivity index (χ1n) is 6.39. The number of oxazole rings is 1. The SMILES string of the molecule is Nc1cc2oc(=O)[nH]c2cc1Sc1n[nH]c(=O)n1C1CC1. The number of nitrogens with two attached hydrogens (primary N) is 1. The van der Waals surface area contributed by atoms with Gasteiger partial charge in [-0.3, -0.25) is 9.55 Å². The summed E-state index contributed by atoms with van der Waals surface area (Å²) in [7, 11) is 0. The van der Waals surface area contributed by atoms with Gasteiger partial charge in [0.2, 0.25) is 0 Å². The molecule has 2 aromatic heterocycles. The van der Waals surface area contributed by atoms with E-state index in [0.29, 0.717) is 26.8 Å². The number of nitrogens with zero attached hydrogens (tertiary/aromatic N) is 2. The fourth-order valence-corrected chi connectivity index (χ4v) is 3.17. The zero-order chi connectivity index (χ0) is 14.6. The van der Waals surface area contributed by atoms with E-state index in [1.807, 2.05) is 0 Å². The first-order valence-corrected chi connectivity index (χ1v) is 7.20. The second-order valence-corrected chi connectivity index (χ2v) is 5.92. The smallest absolute Gasteiger partial charge is 0.408 e. The number of rotatable bonds is 3. The van der Waals surface area contributed by atoms with E-state index in [1.165, 1.54) is 11.8 Å². The van der Waals surface area contributed by atoms with Gasteiger partial charge >= 0.3 is 11.4 Å². The molecule has 3 aromatic rings. The number of benzene rings is 1. The topological polar surface area (TPSA) is 123 Å². The first-order chi connectivity index (χ1) is 10.1. The quantitative estimate of drug-likeness (QED) is 0.622. The van der Waals surface area contributed by atoms with Gasteiger partial charge in [-0.05, 0) is 30.7 Å². The monoisotopic (exact) mass is 305 g/mol. The third-order valence-corrected chi connectivity index (χ3v) is 4.38. The molecule has 1 aliphatic rings. The number of H-pyrrole nitrogens is 2. The second-order valence-electron chi connectivity index (χ2n) is 4.92. The third-order valence-electron chi connectivity index (χ3n) is 3.34. The predicted molar refractivity (Wildman–Crippen MR) is 76.5 cm³/mol. The Balaban J connectivity index is 1.78.